The van der Waals surface area contributed by atoms with Gasteiger partial charge in [-0.2, -0.15) is 0 Å². The van der Waals surface area contributed by atoms with Crippen molar-refractivity contribution < 1.29 is 9.59 Å². The van der Waals surface area contributed by atoms with E-state index in [1.165, 1.54) is 11.3 Å². The van der Waals surface area contributed by atoms with E-state index in [1.807, 2.05) is 41.8 Å². The van der Waals surface area contributed by atoms with Crippen LogP contribution in [0.25, 0.3) is 0 Å². The van der Waals surface area contributed by atoms with E-state index >= 15 is 0 Å². The van der Waals surface area contributed by atoms with Crippen molar-refractivity contribution in [1.29, 1.82) is 0 Å². The van der Waals surface area contributed by atoms with Gasteiger partial charge in [-0.25, -0.2) is 0 Å². The summed E-state index contributed by atoms with van der Waals surface area (Å²) < 4.78 is 0. The zero-order valence-electron chi connectivity index (χ0n) is 11.0. The molecule has 20 heavy (non-hydrogen) atoms. The van der Waals surface area contributed by atoms with E-state index in [1.54, 1.807) is 4.90 Å². The summed E-state index contributed by atoms with van der Waals surface area (Å²) in [5.41, 5.74) is 1.83. The number of carbonyl (C=O) groups excluding carboxylic acids is 2. The third-order valence-corrected chi connectivity index (χ3v) is 4.45. The molecule has 0 unspecified atom stereocenters. The molecule has 0 saturated carbocycles. The summed E-state index contributed by atoms with van der Waals surface area (Å²) in [6.45, 7) is 0.818. The molecule has 0 aliphatic carbocycles. The fraction of sp³-hybridized carbons (Fsp3) is 0.250. The first-order valence-corrected chi connectivity index (χ1v) is 7.57. The Kier molecular flexibility index (Phi) is 3.65. The first kappa shape index (κ1) is 13.1. The van der Waals surface area contributed by atoms with Crippen LogP contribution in [0, 0.1) is 0 Å². The standard InChI is InChI=1S/C16H15NO2S/c18-14(15-8-4-10-20-15)11-17-9-3-6-12-5-1-2-7-13(12)16(17)19/h1-2,4-5,7-8,10H,3,6,9,11H2. The Morgan fingerprint density at radius 3 is 2.85 bits per heavy atom. The van der Waals surface area contributed by atoms with Crippen molar-refractivity contribution in [1.82, 2.24) is 4.90 Å². The molecular weight excluding hydrogens is 270 g/mol. The zero-order valence-corrected chi connectivity index (χ0v) is 11.9. The quantitative estimate of drug-likeness (QED) is 0.813. The number of rotatable bonds is 3. The monoisotopic (exact) mass is 285 g/mol. The van der Waals surface area contributed by atoms with Crippen molar-refractivity contribution in [2.24, 2.45) is 0 Å². The largest absolute Gasteiger partial charge is 0.331 e. The van der Waals surface area contributed by atoms with Crippen LogP contribution in [0.2, 0.25) is 0 Å². The van der Waals surface area contributed by atoms with Gasteiger partial charge in [-0.15, -0.1) is 11.3 Å². The molecule has 2 heterocycles. The van der Waals surface area contributed by atoms with Crippen molar-refractivity contribution in [2.75, 3.05) is 13.1 Å². The van der Waals surface area contributed by atoms with Gasteiger partial charge in [0, 0.05) is 12.1 Å². The Morgan fingerprint density at radius 2 is 2.05 bits per heavy atom. The highest BCUT2D eigenvalue weighted by atomic mass is 32.1. The highest BCUT2D eigenvalue weighted by Gasteiger charge is 2.24. The fourth-order valence-corrected chi connectivity index (χ4v) is 3.18. The topological polar surface area (TPSA) is 37.4 Å². The molecule has 1 aromatic heterocycles. The smallest absolute Gasteiger partial charge is 0.254 e. The van der Waals surface area contributed by atoms with Crippen LogP contribution in [0.1, 0.15) is 32.0 Å². The highest BCUT2D eigenvalue weighted by molar-refractivity contribution is 7.12. The Balaban J connectivity index is 1.81. The van der Waals surface area contributed by atoms with Crippen LogP contribution in [-0.4, -0.2) is 29.7 Å². The molecule has 2 aromatic rings. The number of nitrogens with zero attached hydrogens (tertiary/aromatic N) is 1. The number of thiophene rings is 1. The zero-order chi connectivity index (χ0) is 13.9. The molecule has 0 radical (unpaired) electrons. The van der Waals surface area contributed by atoms with Gasteiger partial charge in [0.2, 0.25) is 0 Å². The lowest BCUT2D eigenvalue weighted by molar-refractivity contribution is 0.0715. The lowest BCUT2D eigenvalue weighted by Gasteiger charge is -2.19. The predicted octanol–water partition coefficient (Wildman–Crippen LogP) is 3.02. The average molecular weight is 285 g/mol. The van der Waals surface area contributed by atoms with Gasteiger partial charge in [-0.1, -0.05) is 24.3 Å². The summed E-state index contributed by atoms with van der Waals surface area (Å²) in [6.07, 6.45) is 1.80. The van der Waals surface area contributed by atoms with Crippen molar-refractivity contribution in [3.05, 3.63) is 57.8 Å². The van der Waals surface area contributed by atoms with Crippen molar-refractivity contribution in [3.63, 3.8) is 0 Å². The third-order valence-electron chi connectivity index (χ3n) is 3.54. The summed E-state index contributed by atoms with van der Waals surface area (Å²) >= 11 is 1.42. The van der Waals surface area contributed by atoms with Crippen LogP contribution in [0.15, 0.2) is 41.8 Å². The molecule has 1 amide bonds. The van der Waals surface area contributed by atoms with E-state index < -0.39 is 0 Å². The van der Waals surface area contributed by atoms with Gasteiger partial charge in [0.1, 0.15) is 0 Å². The molecular formula is C16H15NO2S. The van der Waals surface area contributed by atoms with Crippen LogP contribution in [0.3, 0.4) is 0 Å². The molecule has 102 valence electrons. The number of carbonyl (C=O) groups is 2. The van der Waals surface area contributed by atoms with Crippen LogP contribution in [0.5, 0.6) is 0 Å². The molecule has 1 aliphatic heterocycles. The van der Waals surface area contributed by atoms with E-state index in [0.29, 0.717) is 6.54 Å². The first-order chi connectivity index (χ1) is 9.75. The molecule has 0 spiro atoms. The average Bonchev–Trinajstić information content (AvgIpc) is 2.95. The molecule has 0 saturated heterocycles. The molecule has 1 aromatic carbocycles. The van der Waals surface area contributed by atoms with Gasteiger partial charge in [0.25, 0.3) is 5.91 Å². The maximum atomic E-state index is 12.5. The van der Waals surface area contributed by atoms with Crippen LogP contribution in [0.4, 0.5) is 0 Å². The number of fused-ring (bicyclic) bond motifs is 1. The number of benzene rings is 1. The van der Waals surface area contributed by atoms with Gasteiger partial charge in [-0.3, -0.25) is 9.59 Å². The number of hydrogen-bond acceptors (Lipinski definition) is 3. The van der Waals surface area contributed by atoms with Crippen LogP contribution in [-0.2, 0) is 6.42 Å². The molecule has 0 N–H and O–H groups in total. The van der Waals surface area contributed by atoms with E-state index in [9.17, 15) is 9.59 Å². The summed E-state index contributed by atoms with van der Waals surface area (Å²) in [5, 5.41) is 1.88. The Labute approximate surface area is 121 Å². The molecule has 3 rings (SSSR count). The minimum atomic E-state index is -0.0250. The van der Waals surface area contributed by atoms with Gasteiger partial charge in [0.15, 0.2) is 5.78 Å². The minimum absolute atomic E-state index is 0.0210. The maximum Gasteiger partial charge on any atom is 0.254 e. The van der Waals surface area contributed by atoms with Crippen LogP contribution < -0.4 is 0 Å². The highest BCUT2D eigenvalue weighted by Crippen LogP contribution is 2.19. The molecule has 4 heteroatoms. The Bertz CT molecular complexity index is 634. The van der Waals surface area contributed by atoms with Gasteiger partial charge < -0.3 is 4.90 Å². The number of Topliss-reactive ketones (excluding diaryl/α,β-unsaturated/α-hetero) is 1. The van der Waals surface area contributed by atoms with E-state index in [4.69, 9.17) is 0 Å². The van der Waals surface area contributed by atoms with Gasteiger partial charge >= 0.3 is 0 Å². The van der Waals surface area contributed by atoms with Crippen molar-refractivity contribution in [3.8, 4) is 0 Å². The second-order valence-corrected chi connectivity index (χ2v) is 5.84. The SMILES string of the molecule is O=C(CN1CCCc2ccccc2C1=O)c1cccs1. The van der Waals surface area contributed by atoms with Crippen LogP contribution >= 0.6 is 11.3 Å². The van der Waals surface area contributed by atoms with Gasteiger partial charge in [0.05, 0.1) is 11.4 Å². The normalized spacial score (nSPS) is 14.8. The van der Waals surface area contributed by atoms with E-state index in [2.05, 4.69) is 0 Å². The molecule has 0 atom stereocenters. The first-order valence-electron chi connectivity index (χ1n) is 6.69. The number of aryl methyl sites for hydroxylation is 1. The third kappa shape index (κ3) is 2.51. The molecule has 3 nitrogen and oxygen atoms in total. The van der Waals surface area contributed by atoms with E-state index in [-0.39, 0.29) is 18.2 Å². The second-order valence-electron chi connectivity index (χ2n) is 4.89. The molecule has 0 fully saturated rings. The number of amides is 1. The summed E-state index contributed by atoms with van der Waals surface area (Å²) in [4.78, 5) is 27.1. The number of hydrogen-bond donors (Lipinski definition) is 0. The minimum Gasteiger partial charge on any atom is -0.331 e. The summed E-state index contributed by atoms with van der Waals surface area (Å²) in [5.74, 6) is -0.00395. The number of ketones is 1. The lowest BCUT2D eigenvalue weighted by atomic mass is 10.0. The summed E-state index contributed by atoms with van der Waals surface area (Å²) in [7, 11) is 0. The van der Waals surface area contributed by atoms with E-state index in [0.717, 1.165) is 28.8 Å². The second kappa shape index (κ2) is 5.59. The predicted molar refractivity (Wildman–Crippen MR) is 79.3 cm³/mol. The molecule has 1 aliphatic rings. The van der Waals surface area contributed by atoms with Gasteiger partial charge in [-0.05, 0) is 35.9 Å². The molecule has 0 bridgehead atoms. The Morgan fingerprint density at radius 1 is 1.20 bits per heavy atom. The Hall–Kier alpha value is -1.94. The summed E-state index contributed by atoms with van der Waals surface area (Å²) in [6, 6.07) is 11.4. The van der Waals surface area contributed by atoms with Crippen molar-refractivity contribution in [2.45, 2.75) is 12.8 Å². The maximum absolute atomic E-state index is 12.5. The fourth-order valence-electron chi connectivity index (χ4n) is 2.52. The lowest BCUT2D eigenvalue weighted by Crippen LogP contribution is -2.35. The van der Waals surface area contributed by atoms with Crippen molar-refractivity contribution >= 4 is 23.0 Å².